The van der Waals surface area contributed by atoms with E-state index in [1.54, 1.807) is 6.20 Å². The highest BCUT2D eigenvalue weighted by molar-refractivity contribution is 7.81. The van der Waals surface area contributed by atoms with Gasteiger partial charge in [0.15, 0.2) is 0 Å². The fourth-order valence-corrected chi connectivity index (χ4v) is 4.57. The maximum absolute atomic E-state index is 11.7. The number of hydrogen-bond acceptors (Lipinski definition) is 4. The second kappa shape index (κ2) is 8.84. The molecule has 5 nitrogen and oxygen atoms in total. The lowest BCUT2D eigenvalue weighted by Gasteiger charge is -2.15. The standard InChI is InChI=1S/C23H24ClN3O2S/c24-18-9-5-4-8-16(18)11-23(12-20(23)30)22-26-14-17(27-22)13-25-19(21(28)29)10-15-6-2-1-3-7-15/h1-9,14,19-20,25,30H,10-13H2,(H,26,27)(H,28,29)/t19-,20?,23?/m0/s1. The van der Waals surface area contributed by atoms with E-state index in [1.807, 2.05) is 54.6 Å². The molecule has 0 radical (unpaired) electrons. The number of benzene rings is 2. The Morgan fingerprint density at radius 2 is 1.97 bits per heavy atom. The number of carboxylic acids is 1. The van der Waals surface area contributed by atoms with Crippen LogP contribution in [0.3, 0.4) is 0 Å². The summed E-state index contributed by atoms with van der Waals surface area (Å²) in [6, 6.07) is 16.8. The van der Waals surface area contributed by atoms with Crippen LogP contribution in [0.2, 0.25) is 5.02 Å². The van der Waals surface area contributed by atoms with Crippen LogP contribution in [-0.4, -0.2) is 32.3 Å². The van der Waals surface area contributed by atoms with Crippen LogP contribution >= 0.6 is 24.2 Å². The van der Waals surface area contributed by atoms with Gasteiger partial charge in [-0.2, -0.15) is 12.6 Å². The Balaban J connectivity index is 1.43. The Bertz CT molecular complexity index is 1030. The van der Waals surface area contributed by atoms with Gasteiger partial charge in [0, 0.05) is 34.1 Å². The molecule has 0 bridgehead atoms. The van der Waals surface area contributed by atoms with Gasteiger partial charge in [0.1, 0.15) is 11.9 Å². The van der Waals surface area contributed by atoms with Gasteiger partial charge in [-0.25, -0.2) is 4.98 Å². The number of nitrogens with one attached hydrogen (secondary N) is 2. The van der Waals surface area contributed by atoms with Crippen molar-refractivity contribution in [1.82, 2.24) is 15.3 Å². The molecule has 1 aromatic heterocycles. The fourth-order valence-electron chi connectivity index (χ4n) is 3.83. The molecule has 0 saturated heterocycles. The van der Waals surface area contributed by atoms with Crippen molar-refractivity contribution in [3.05, 3.63) is 88.5 Å². The lowest BCUT2D eigenvalue weighted by atomic mass is 9.95. The Labute approximate surface area is 186 Å². The van der Waals surface area contributed by atoms with Crippen LogP contribution in [0.4, 0.5) is 0 Å². The van der Waals surface area contributed by atoms with Crippen molar-refractivity contribution in [2.45, 2.75) is 42.5 Å². The summed E-state index contributed by atoms with van der Waals surface area (Å²) in [4.78, 5) is 19.7. The summed E-state index contributed by atoms with van der Waals surface area (Å²) in [5, 5.41) is 13.7. The van der Waals surface area contributed by atoms with Crippen molar-refractivity contribution in [1.29, 1.82) is 0 Å². The number of carboxylic acid groups (broad SMARTS) is 1. The second-order valence-electron chi connectivity index (χ2n) is 7.86. The Morgan fingerprint density at radius 3 is 2.63 bits per heavy atom. The highest BCUT2D eigenvalue weighted by Gasteiger charge is 2.55. The molecule has 1 saturated carbocycles. The molecule has 0 aliphatic heterocycles. The van der Waals surface area contributed by atoms with Crippen LogP contribution in [0.15, 0.2) is 60.8 Å². The van der Waals surface area contributed by atoms with Crippen molar-refractivity contribution >= 4 is 30.2 Å². The van der Waals surface area contributed by atoms with Crippen molar-refractivity contribution in [2.75, 3.05) is 0 Å². The average molecular weight is 442 g/mol. The van der Waals surface area contributed by atoms with Crippen molar-refractivity contribution in [2.24, 2.45) is 0 Å². The number of H-pyrrole nitrogens is 1. The molecule has 3 aromatic rings. The zero-order valence-electron chi connectivity index (χ0n) is 16.4. The number of hydrogen-bond donors (Lipinski definition) is 4. The number of rotatable bonds is 9. The largest absolute Gasteiger partial charge is 0.480 e. The topological polar surface area (TPSA) is 78.0 Å². The van der Waals surface area contributed by atoms with Crippen molar-refractivity contribution in [3.63, 3.8) is 0 Å². The third-order valence-electron chi connectivity index (χ3n) is 5.72. The molecule has 0 amide bonds. The van der Waals surface area contributed by atoms with E-state index in [0.29, 0.717) is 13.0 Å². The Morgan fingerprint density at radius 1 is 1.27 bits per heavy atom. The van der Waals surface area contributed by atoms with Gasteiger partial charge in [0.05, 0.1) is 0 Å². The summed E-state index contributed by atoms with van der Waals surface area (Å²) >= 11 is 11.1. The predicted molar refractivity (Wildman–Crippen MR) is 121 cm³/mol. The number of halogens is 1. The third-order valence-corrected chi connectivity index (χ3v) is 6.76. The molecule has 1 aliphatic rings. The maximum Gasteiger partial charge on any atom is 0.321 e. The molecule has 3 N–H and O–H groups in total. The predicted octanol–water partition coefficient (Wildman–Crippen LogP) is 4.03. The highest BCUT2D eigenvalue weighted by atomic mass is 35.5. The zero-order valence-corrected chi connectivity index (χ0v) is 18.0. The van der Waals surface area contributed by atoms with Gasteiger partial charge < -0.3 is 10.1 Å². The van der Waals surface area contributed by atoms with Crippen LogP contribution < -0.4 is 5.32 Å². The SMILES string of the molecule is O=C(O)[C@H](Cc1ccccc1)NCc1cnc(C2(Cc3ccccc3Cl)CC2S)[nH]1. The number of aromatic nitrogens is 2. The fraction of sp³-hybridized carbons (Fsp3) is 0.304. The molecule has 1 fully saturated rings. The minimum atomic E-state index is -0.869. The maximum atomic E-state index is 11.7. The van der Waals surface area contributed by atoms with Gasteiger partial charge >= 0.3 is 5.97 Å². The molecule has 7 heteroatoms. The van der Waals surface area contributed by atoms with Gasteiger partial charge in [0.2, 0.25) is 0 Å². The number of thiol groups is 1. The first-order chi connectivity index (χ1) is 14.5. The number of imidazole rings is 1. The number of carbonyl (C=O) groups is 1. The number of nitrogens with zero attached hydrogens (tertiary/aromatic N) is 1. The van der Waals surface area contributed by atoms with Crippen LogP contribution in [0.25, 0.3) is 0 Å². The number of aromatic amines is 1. The lowest BCUT2D eigenvalue weighted by molar-refractivity contribution is -0.139. The molecule has 2 unspecified atom stereocenters. The first kappa shape index (κ1) is 21.0. The molecule has 30 heavy (non-hydrogen) atoms. The van der Waals surface area contributed by atoms with E-state index in [0.717, 1.165) is 40.5 Å². The molecule has 0 spiro atoms. The summed E-state index contributed by atoms with van der Waals surface area (Å²) in [6.07, 6.45) is 3.89. The van der Waals surface area contributed by atoms with Gasteiger partial charge in [0.25, 0.3) is 0 Å². The molecule has 3 atom stereocenters. The minimum Gasteiger partial charge on any atom is -0.480 e. The summed E-state index contributed by atoms with van der Waals surface area (Å²) in [7, 11) is 0. The quantitative estimate of drug-likeness (QED) is 0.378. The molecule has 1 heterocycles. The summed E-state index contributed by atoms with van der Waals surface area (Å²) < 4.78 is 0. The van der Waals surface area contributed by atoms with Crippen molar-refractivity contribution < 1.29 is 9.90 Å². The summed E-state index contributed by atoms with van der Waals surface area (Å²) in [5.41, 5.74) is 2.76. The number of aliphatic carboxylic acids is 1. The monoisotopic (exact) mass is 441 g/mol. The van der Waals surface area contributed by atoms with E-state index >= 15 is 0 Å². The molecular weight excluding hydrogens is 418 g/mol. The Hall–Kier alpha value is -2.28. The summed E-state index contributed by atoms with van der Waals surface area (Å²) in [5.74, 6) is 0.0144. The van der Waals surface area contributed by atoms with Crippen LogP contribution in [0.1, 0.15) is 29.1 Å². The van der Waals surface area contributed by atoms with Gasteiger partial charge in [-0.1, -0.05) is 60.1 Å². The average Bonchev–Trinajstić information content (AvgIpc) is 3.15. The van der Waals surface area contributed by atoms with E-state index in [9.17, 15) is 9.90 Å². The molecule has 156 valence electrons. The molecule has 2 aromatic carbocycles. The molecular formula is C23H24ClN3O2S. The third kappa shape index (κ3) is 4.56. The van der Waals surface area contributed by atoms with Crippen molar-refractivity contribution in [3.8, 4) is 0 Å². The minimum absolute atomic E-state index is 0.164. The smallest absolute Gasteiger partial charge is 0.321 e. The van der Waals surface area contributed by atoms with Gasteiger partial charge in [-0.15, -0.1) is 0 Å². The van der Waals surface area contributed by atoms with E-state index in [2.05, 4.69) is 15.3 Å². The summed E-state index contributed by atoms with van der Waals surface area (Å²) in [6.45, 7) is 0.399. The second-order valence-corrected chi connectivity index (χ2v) is 8.89. The van der Waals surface area contributed by atoms with E-state index in [1.165, 1.54) is 0 Å². The van der Waals surface area contributed by atoms with Crippen LogP contribution in [0, 0.1) is 0 Å². The normalized spacial score (nSPS) is 21.3. The molecule has 4 rings (SSSR count). The highest BCUT2D eigenvalue weighted by Crippen LogP contribution is 2.53. The van der Waals surface area contributed by atoms with Crippen LogP contribution in [0.5, 0.6) is 0 Å². The Kier molecular flexibility index (Phi) is 6.18. The first-order valence-electron chi connectivity index (χ1n) is 9.94. The van der Waals surface area contributed by atoms with Crippen LogP contribution in [-0.2, 0) is 29.6 Å². The zero-order chi connectivity index (χ0) is 21.1. The first-order valence-corrected chi connectivity index (χ1v) is 10.8. The van der Waals surface area contributed by atoms with E-state index in [4.69, 9.17) is 24.2 Å². The van der Waals surface area contributed by atoms with Gasteiger partial charge in [-0.3, -0.25) is 10.1 Å². The lowest BCUT2D eigenvalue weighted by Crippen LogP contribution is -2.38. The van der Waals surface area contributed by atoms with E-state index in [-0.39, 0.29) is 10.7 Å². The molecule has 1 aliphatic carbocycles. The van der Waals surface area contributed by atoms with E-state index < -0.39 is 12.0 Å². The van der Waals surface area contributed by atoms with Gasteiger partial charge in [-0.05, 0) is 36.5 Å².